The van der Waals surface area contributed by atoms with Gasteiger partial charge >= 0.3 is 0 Å². The van der Waals surface area contributed by atoms with E-state index < -0.39 is 0 Å². The summed E-state index contributed by atoms with van der Waals surface area (Å²) in [5, 5.41) is 5.34. The Kier molecular flexibility index (Phi) is 5.83. The van der Waals surface area contributed by atoms with E-state index in [0.29, 0.717) is 21.7 Å². The monoisotopic (exact) mass is 479 g/mol. The van der Waals surface area contributed by atoms with Crippen LogP contribution in [0.2, 0.25) is 10.0 Å². The Bertz CT molecular complexity index is 1250. The highest BCUT2D eigenvalue weighted by Gasteiger charge is 2.41. The van der Waals surface area contributed by atoms with Crippen molar-refractivity contribution >= 4 is 40.5 Å². The molecule has 1 N–H and O–H groups in total. The maximum absolute atomic E-state index is 6.57. The van der Waals surface area contributed by atoms with Crippen molar-refractivity contribution in [1.29, 1.82) is 0 Å². The molecule has 160 valence electrons. The Labute approximate surface area is 201 Å². The molecule has 1 saturated heterocycles. The van der Waals surface area contributed by atoms with Gasteiger partial charge in [-0.15, -0.1) is 0 Å². The minimum absolute atomic E-state index is 0.112. The Morgan fingerprint density at radius 1 is 1.00 bits per heavy atom. The van der Waals surface area contributed by atoms with Crippen molar-refractivity contribution in [2.75, 3.05) is 0 Å². The van der Waals surface area contributed by atoms with Gasteiger partial charge in [-0.2, -0.15) is 0 Å². The van der Waals surface area contributed by atoms with Gasteiger partial charge in [-0.05, 0) is 66.3 Å². The molecular weight excluding hydrogens is 461 g/mol. The predicted molar refractivity (Wildman–Crippen MR) is 131 cm³/mol. The molecule has 0 radical (unpaired) electrons. The molecule has 0 bridgehead atoms. The third-order valence-electron chi connectivity index (χ3n) is 5.53. The fourth-order valence-electron chi connectivity index (χ4n) is 4.12. The second-order valence-corrected chi connectivity index (χ2v) is 8.74. The summed E-state index contributed by atoms with van der Waals surface area (Å²) in [5.41, 5.74) is 3.89. The summed E-state index contributed by atoms with van der Waals surface area (Å²) in [7, 11) is 0. The largest absolute Gasteiger partial charge is 0.352 e. The smallest absolute Gasteiger partial charge is 0.170 e. The molecule has 1 fully saturated rings. The van der Waals surface area contributed by atoms with Gasteiger partial charge in [0.25, 0.3) is 0 Å². The number of nitrogens with zero attached hydrogens (tertiary/aromatic N) is 4. The molecule has 3 aromatic heterocycles. The van der Waals surface area contributed by atoms with E-state index in [0.717, 1.165) is 22.6 Å². The predicted octanol–water partition coefficient (Wildman–Crippen LogP) is 5.75. The lowest BCUT2D eigenvalue weighted by Gasteiger charge is -2.29. The van der Waals surface area contributed by atoms with Gasteiger partial charge in [0, 0.05) is 42.0 Å². The fraction of sp³-hybridized carbons (Fsp3) is 0.125. The first-order chi connectivity index (χ1) is 15.6. The Morgan fingerprint density at radius 3 is 2.66 bits per heavy atom. The van der Waals surface area contributed by atoms with Crippen LogP contribution in [0.3, 0.4) is 0 Å². The van der Waals surface area contributed by atoms with E-state index in [1.165, 1.54) is 0 Å². The van der Waals surface area contributed by atoms with Crippen molar-refractivity contribution in [1.82, 2.24) is 24.8 Å². The first kappa shape index (κ1) is 20.9. The normalized spacial score (nSPS) is 18.1. The quantitative estimate of drug-likeness (QED) is 0.369. The number of nitrogens with one attached hydrogen (secondary N) is 1. The Hall–Kier alpha value is -2.93. The molecule has 0 amide bonds. The van der Waals surface area contributed by atoms with E-state index in [1.54, 1.807) is 18.5 Å². The topological polar surface area (TPSA) is 46.0 Å². The van der Waals surface area contributed by atoms with Crippen molar-refractivity contribution in [3.8, 4) is 5.69 Å². The molecule has 4 heterocycles. The van der Waals surface area contributed by atoms with Gasteiger partial charge in [0.15, 0.2) is 5.11 Å². The molecule has 0 unspecified atom stereocenters. The summed E-state index contributed by atoms with van der Waals surface area (Å²) in [5.74, 6) is 0. The van der Waals surface area contributed by atoms with Crippen LogP contribution in [0, 0.1) is 0 Å². The summed E-state index contributed by atoms with van der Waals surface area (Å²) < 4.78 is 2.09. The third-order valence-corrected chi connectivity index (χ3v) is 6.42. The van der Waals surface area contributed by atoms with Crippen LogP contribution >= 0.6 is 35.4 Å². The lowest BCUT2D eigenvalue weighted by molar-refractivity contribution is 0.302. The van der Waals surface area contributed by atoms with Crippen molar-refractivity contribution < 1.29 is 0 Å². The first-order valence-electron chi connectivity index (χ1n) is 10.1. The van der Waals surface area contributed by atoms with E-state index in [-0.39, 0.29) is 12.1 Å². The molecule has 1 aliphatic heterocycles. The Balaban J connectivity index is 1.62. The van der Waals surface area contributed by atoms with Crippen LogP contribution in [0.4, 0.5) is 0 Å². The SMILES string of the molecule is S=C1N[C@@H](c2ccccn2)[C@@H](c2cccn2-c2ccc(Cl)cc2Cl)N1Cc1cccnc1. The maximum Gasteiger partial charge on any atom is 0.170 e. The average Bonchev–Trinajstić information content (AvgIpc) is 3.40. The molecule has 0 aliphatic carbocycles. The lowest BCUT2D eigenvalue weighted by Crippen LogP contribution is -2.30. The van der Waals surface area contributed by atoms with Crippen molar-refractivity contribution in [3.63, 3.8) is 0 Å². The molecule has 0 spiro atoms. The van der Waals surface area contributed by atoms with Crippen molar-refractivity contribution in [3.05, 3.63) is 112 Å². The summed E-state index contributed by atoms with van der Waals surface area (Å²) in [6.45, 7) is 0.618. The van der Waals surface area contributed by atoms with E-state index in [1.807, 2.05) is 54.9 Å². The Morgan fingerprint density at radius 2 is 1.91 bits per heavy atom. The van der Waals surface area contributed by atoms with Crippen LogP contribution in [0.25, 0.3) is 5.69 Å². The molecule has 1 aliphatic rings. The maximum atomic E-state index is 6.57. The van der Waals surface area contributed by atoms with Crippen molar-refractivity contribution in [2.45, 2.75) is 18.6 Å². The number of hydrogen-bond donors (Lipinski definition) is 1. The molecule has 4 aromatic rings. The number of rotatable bonds is 5. The number of thiocarbonyl (C=S) groups is 1. The number of halogens is 2. The molecule has 32 heavy (non-hydrogen) atoms. The summed E-state index contributed by atoms with van der Waals surface area (Å²) in [4.78, 5) is 11.1. The number of aromatic nitrogens is 3. The summed E-state index contributed by atoms with van der Waals surface area (Å²) >= 11 is 18.5. The van der Waals surface area contributed by atoms with Crippen LogP contribution in [-0.2, 0) is 6.54 Å². The second-order valence-electron chi connectivity index (χ2n) is 7.51. The lowest BCUT2D eigenvalue weighted by atomic mass is 10.0. The van der Waals surface area contributed by atoms with Crippen LogP contribution in [0.15, 0.2) is 85.5 Å². The molecule has 0 saturated carbocycles. The fourth-order valence-corrected chi connectivity index (χ4v) is 4.92. The van der Waals surface area contributed by atoms with E-state index >= 15 is 0 Å². The molecule has 5 nitrogen and oxygen atoms in total. The average molecular weight is 480 g/mol. The highest BCUT2D eigenvalue weighted by Crippen LogP contribution is 2.41. The van der Waals surface area contributed by atoms with Gasteiger partial charge in [-0.1, -0.05) is 35.3 Å². The third kappa shape index (κ3) is 3.97. The highest BCUT2D eigenvalue weighted by molar-refractivity contribution is 7.80. The minimum atomic E-state index is -0.125. The minimum Gasteiger partial charge on any atom is -0.352 e. The summed E-state index contributed by atoms with van der Waals surface area (Å²) in [6, 6.07) is 19.3. The van der Waals surface area contributed by atoms with Gasteiger partial charge < -0.3 is 14.8 Å². The van der Waals surface area contributed by atoms with Gasteiger partial charge in [0.05, 0.1) is 28.5 Å². The van der Waals surface area contributed by atoms with Crippen LogP contribution < -0.4 is 5.32 Å². The standard InChI is InChI=1S/C24H19Cl2N5S/c25-17-8-9-20(18(26)13-17)30-12-4-7-21(30)23-22(19-6-1-2-11-28-19)29-24(32)31(23)15-16-5-3-10-27-14-16/h1-14,22-23H,15H2,(H,29,32)/t22-,23+/m0/s1. The molecule has 8 heteroatoms. The number of hydrogen-bond acceptors (Lipinski definition) is 3. The molecule has 1 aromatic carbocycles. The van der Waals surface area contributed by atoms with Crippen LogP contribution in [-0.4, -0.2) is 24.5 Å². The first-order valence-corrected chi connectivity index (χ1v) is 11.3. The van der Waals surface area contributed by atoms with Gasteiger partial charge in [0.1, 0.15) is 0 Å². The van der Waals surface area contributed by atoms with Gasteiger partial charge in [-0.3, -0.25) is 9.97 Å². The zero-order valence-corrected chi connectivity index (χ0v) is 19.2. The van der Waals surface area contributed by atoms with Gasteiger partial charge in [-0.25, -0.2) is 0 Å². The molecular formula is C24H19Cl2N5S. The van der Waals surface area contributed by atoms with Crippen molar-refractivity contribution in [2.24, 2.45) is 0 Å². The van der Waals surface area contributed by atoms with E-state index in [9.17, 15) is 0 Å². The summed E-state index contributed by atoms with van der Waals surface area (Å²) in [6.07, 6.45) is 7.44. The second kappa shape index (κ2) is 8.90. The number of pyridine rings is 2. The van der Waals surface area contributed by atoms with E-state index in [2.05, 4.69) is 36.9 Å². The van der Waals surface area contributed by atoms with E-state index in [4.69, 9.17) is 35.4 Å². The van der Waals surface area contributed by atoms with Crippen LogP contribution in [0.1, 0.15) is 29.0 Å². The zero-order valence-electron chi connectivity index (χ0n) is 16.9. The highest BCUT2D eigenvalue weighted by atomic mass is 35.5. The number of benzene rings is 1. The molecule has 5 rings (SSSR count). The van der Waals surface area contributed by atoms with Gasteiger partial charge in [0.2, 0.25) is 0 Å². The molecule has 2 atom stereocenters. The zero-order chi connectivity index (χ0) is 22.1. The van der Waals surface area contributed by atoms with Crippen LogP contribution in [0.5, 0.6) is 0 Å².